The standard InChI is InChI=1S/C16H23BN2O7/c18-16(8-20,9-21)7-19-5-11(6-19)25-12-2-1-10-3-4-17(24)26-14(10)13(12)15(22)23/h1-2,11,20-21,24H,3-9,18H2,(H,22,23). The first-order valence-electron chi connectivity index (χ1n) is 8.49. The molecular formula is C16H23BN2O7. The van der Waals surface area contributed by atoms with Gasteiger partial charge in [-0.15, -0.1) is 0 Å². The number of fused-ring (bicyclic) bond motifs is 1. The van der Waals surface area contributed by atoms with Gasteiger partial charge in [0.05, 0.1) is 18.8 Å². The summed E-state index contributed by atoms with van der Waals surface area (Å²) in [5, 5.41) is 37.7. The third-order valence-electron chi connectivity index (χ3n) is 4.71. The lowest BCUT2D eigenvalue weighted by Crippen LogP contribution is -2.63. The monoisotopic (exact) mass is 366 g/mol. The fraction of sp³-hybridized carbons (Fsp3) is 0.562. The zero-order valence-corrected chi connectivity index (χ0v) is 14.3. The Bertz CT molecular complexity index is 677. The minimum Gasteiger partial charge on any atom is -0.535 e. The second-order valence-electron chi connectivity index (χ2n) is 6.96. The summed E-state index contributed by atoms with van der Waals surface area (Å²) in [5.74, 6) is -0.826. The molecule has 9 nitrogen and oxygen atoms in total. The summed E-state index contributed by atoms with van der Waals surface area (Å²) >= 11 is 0. The topological polar surface area (TPSA) is 146 Å². The number of rotatable bonds is 7. The van der Waals surface area contributed by atoms with Gasteiger partial charge in [-0.05, 0) is 24.4 Å². The minimum absolute atomic E-state index is 0.0846. The number of carboxylic acid groups (broad SMARTS) is 1. The van der Waals surface area contributed by atoms with Crippen LogP contribution >= 0.6 is 0 Å². The highest BCUT2D eigenvalue weighted by molar-refractivity contribution is 6.44. The van der Waals surface area contributed by atoms with Gasteiger partial charge in [0.2, 0.25) is 0 Å². The van der Waals surface area contributed by atoms with E-state index >= 15 is 0 Å². The molecule has 1 fully saturated rings. The summed E-state index contributed by atoms with van der Waals surface area (Å²) in [5.41, 5.74) is 5.43. The number of benzene rings is 1. The fourth-order valence-corrected chi connectivity index (χ4v) is 3.21. The molecule has 26 heavy (non-hydrogen) atoms. The minimum atomic E-state index is -1.18. The Balaban J connectivity index is 1.68. The SMILES string of the molecule is NC(CO)(CO)CN1CC(Oc2ccc3c(c2C(=O)O)OB(O)CC3)C1. The molecule has 0 amide bonds. The summed E-state index contributed by atoms with van der Waals surface area (Å²) in [4.78, 5) is 13.6. The number of aryl methyl sites for hydroxylation is 1. The zero-order chi connectivity index (χ0) is 18.9. The van der Waals surface area contributed by atoms with Crippen molar-refractivity contribution in [3.63, 3.8) is 0 Å². The third-order valence-corrected chi connectivity index (χ3v) is 4.71. The highest BCUT2D eigenvalue weighted by atomic mass is 16.5. The molecule has 0 bridgehead atoms. The summed E-state index contributed by atoms with van der Waals surface area (Å²) in [7, 11) is -1.02. The normalized spacial score (nSPS) is 18.1. The van der Waals surface area contributed by atoms with E-state index in [4.69, 9.17) is 15.1 Å². The van der Waals surface area contributed by atoms with E-state index in [2.05, 4.69) is 0 Å². The van der Waals surface area contributed by atoms with Crippen molar-refractivity contribution in [1.82, 2.24) is 4.90 Å². The van der Waals surface area contributed by atoms with E-state index in [0.717, 1.165) is 5.56 Å². The first-order chi connectivity index (χ1) is 12.3. The first-order valence-corrected chi connectivity index (χ1v) is 8.49. The maximum absolute atomic E-state index is 11.7. The van der Waals surface area contributed by atoms with Gasteiger partial charge in [-0.2, -0.15) is 0 Å². The second kappa shape index (κ2) is 7.41. The van der Waals surface area contributed by atoms with Crippen LogP contribution in [0.4, 0.5) is 0 Å². The lowest BCUT2D eigenvalue weighted by Gasteiger charge is -2.43. The van der Waals surface area contributed by atoms with Gasteiger partial charge < -0.3 is 35.5 Å². The van der Waals surface area contributed by atoms with E-state index in [0.29, 0.717) is 32.4 Å². The largest absolute Gasteiger partial charge is 0.535 e. The first kappa shape index (κ1) is 18.9. The lowest BCUT2D eigenvalue weighted by atomic mass is 9.78. The Morgan fingerprint density at radius 3 is 2.69 bits per heavy atom. The van der Waals surface area contributed by atoms with Gasteiger partial charge in [-0.25, -0.2) is 4.79 Å². The van der Waals surface area contributed by atoms with Crippen molar-refractivity contribution < 1.29 is 34.5 Å². The van der Waals surface area contributed by atoms with Crippen LogP contribution in [0.1, 0.15) is 15.9 Å². The average molecular weight is 366 g/mol. The van der Waals surface area contributed by atoms with Crippen LogP contribution < -0.4 is 15.1 Å². The molecule has 142 valence electrons. The second-order valence-corrected chi connectivity index (χ2v) is 6.96. The lowest BCUT2D eigenvalue weighted by molar-refractivity contribution is -0.0121. The Kier molecular flexibility index (Phi) is 5.40. The highest BCUT2D eigenvalue weighted by Gasteiger charge is 2.36. The molecule has 0 radical (unpaired) electrons. The maximum Gasteiger partial charge on any atom is 0.522 e. The van der Waals surface area contributed by atoms with Gasteiger partial charge in [-0.1, -0.05) is 6.07 Å². The highest BCUT2D eigenvalue weighted by Crippen LogP contribution is 2.37. The van der Waals surface area contributed by atoms with E-state index in [1.165, 1.54) is 0 Å². The number of hydrogen-bond acceptors (Lipinski definition) is 8. The molecule has 2 heterocycles. The molecule has 10 heteroatoms. The summed E-state index contributed by atoms with van der Waals surface area (Å²) in [6.07, 6.45) is 0.719. The number of carboxylic acids is 1. The van der Waals surface area contributed by atoms with Gasteiger partial charge in [-0.3, -0.25) is 4.90 Å². The van der Waals surface area contributed by atoms with Gasteiger partial charge in [0.1, 0.15) is 23.2 Å². The van der Waals surface area contributed by atoms with Crippen LogP contribution in [-0.2, 0) is 6.42 Å². The number of likely N-dealkylation sites (tertiary alicyclic amines) is 1. The molecule has 3 rings (SSSR count). The Labute approximate surface area is 151 Å². The van der Waals surface area contributed by atoms with Crippen molar-refractivity contribution in [2.45, 2.75) is 24.4 Å². The molecule has 1 aromatic carbocycles. The van der Waals surface area contributed by atoms with Crippen LogP contribution in [0.5, 0.6) is 11.5 Å². The maximum atomic E-state index is 11.7. The smallest absolute Gasteiger partial charge is 0.522 e. The van der Waals surface area contributed by atoms with Crippen LogP contribution in [0, 0.1) is 0 Å². The number of ether oxygens (including phenoxy) is 1. The Morgan fingerprint density at radius 1 is 1.38 bits per heavy atom. The van der Waals surface area contributed by atoms with E-state index in [1.807, 2.05) is 4.90 Å². The molecule has 0 aromatic heterocycles. The predicted molar refractivity (Wildman–Crippen MR) is 92.5 cm³/mol. The van der Waals surface area contributed by atoms with Crippen molar-refractivity contribution in [1.29, 1.82) is 0 Å². The van der Waals surface area contributed by atoms with Crippen LogP contribution in [0.15, 0.2) is 12.1 Å². The number of aliphatic hydroxyl groups is 2. The van der Waals surface area contributed by atoms with Crippen LogP contribution in [0.25, 0.3) is 0 Å². The van der Waals surface area contributed by atoms with Crippen LogP contribution in [-0.4, -0.2) is 82.8 Å². The molecule has 0 aliphatic carbocycles. The Morgan fingerprint density at radius 2 is 2.08 bits per heavy atom. The van der Waals surface area contributed by atoms with Crippen molar-refractivity contribution >= 4 is 13.1 Å². The molecule has 1 aromatic rings. The van der Waals surface area contributed by atoms with Crippen molar-refractivity contribution in [3.8, 4) is 11.5 Å². The van der Waals surface area contributed by atoms with Crippen LogP contribution in [0.2, 0.25) is 6.32 Å². The summed E-state index contributed by atoms with van der Waals surface area (Å²) in [6, 6.07) is 3.36. The van der Waals surface area contributed by atoms with E-state index in [-0.39, 0.29) is 36.4 Å². The zero-order valence-electron chi connectivity index (χ0n) is 14.3. The number of nitrogens with two attached hydrogens (primary N) is 1. The van der Waals surface area contributed by atoms with E-state index in [1.54, 1.807) is 12.1 Å². The van der Waals surface area contributed by atoms with E-state index in [9.17, 15) is 25.1 Å². The van der Waals surface area contributed by atoms with Crippen LogP contribution in [0.3, 0.4) is 0 Å². The third kappa shape index (κ3) is 3.79. The van der Waals surface area contributed by atoms with Gasteiger partial charge >= 0.3 is 13.1 Å². The van der Waals surface area contributed by atoms with Gasteiger partial charge in [0, 0.05) is 19.6 Å². The Hall–Kier alpha value is -1.85. The molecule has 0 saturated carbocycles. The number of aromatic carboxylic acids is 1. The van der Waals surface area contributed by atoms with Crippen molar-refractivity contribution in [3.05, 3.63) is 23.3 Å². The summed E-state index contributed by atoms with van der Waals surface area (Å²) in [6.45, 7) is 0.640. The number of nitrogens with zero attached hydrogens (tertiary/aromatic N) is 1. The number of carbonyl (C=O) groups is 1. The van der Waals surface area contributed by atoms with Crippen molar-refractivity contribution in [2.75, 3.05) is 32.8 Å². The molecule has 0 unspecified atom stereocenters. The molecule has 2 aliphatic heterocycles. The quantitative estimate of drug-likeness (QED) is 0.366. The number of hydrogen-bond donors (Lipinski definition) is 5. The molecule has 0 spiro atoms. The fourth-order valence-electron chi connectivity index (χ4n) is 3.21. The molecule has 6 N–H and O–H groups in total. The molecule has 2 aliphatic rings. The number of aliphatic hydroxyl groups excluding tert-OH is 2. The van der Waals surface area contributed by atoms with Gasteiger partial charge in [0.15, 0.2) is 0 Å². The molecular weight excluding hydrogens is 343 g/mol. The summed E-state index contributed by atoms with van der Waals surface area (Å²) < 4.78 is 11.1. The molecule has 0 atom stereocenters. The van der Waals surface area contributed by atoms with Gasteiger partial charge in [0.25, 0.3) is 0 Å². The van der Waals surface area contributed by atoms with Crippen molar-refractivity contribution in [2.24, 2.45) is 5.73 Å². The predicted octanol–water partition coefficient (Wildman–Crippen LogP) is -1.45. The average Bonchev–Trinajstić information content (AvgIpc) is 2.58. The van der Waals surface area contributed by atoms with E-state index < -0.39 is 18.6 Å². The molecule has 1 saturated heterocycles.